The maximum atomic E-state index is 11.2. The van der Waals surface area contributed by atoms with E-state index in [9.17, 15) is 4.79 Å². The number of carbonyl (C=O) groups is 1. The molecule has 0 spiro atoms. The van der Waals surface area contributed by atoms with Gasteiger partial charge in [0.1, 0.15) is 0 Å². The average Bonchev–Trinajstić information content (AvgIpc) is 3.24. The van der Waals surface area contributed by atoms with Crippen molar-refractivity contribution in [2.24, 2.45) is 5.92 Å². The summed E-state index contributed by atoms with van der Waals surface area (Å²) in [5.74, 6) is 0.977. The number of hydrogen-bond acceptors (Lipinski definition) is 4. The lowest BCUT2D eigenvalue weighted by Gasteiger charge is -2.34. The Balaban J connectivity index is 1.43. The smallest absolute Gasteiger partial charge is 0.305 e. The number of piperazine rings is 1. The zero-order valence-corrected chi connectivity index (χ0v) is 13.0. The fourth-order valence-electron chi connectivity index (χ4n) is 2.88. The molecule has 0 bridgehead atoms. The lowest BCUT2D eigenvalue weighted by Crippen LogP contribution is -2.47. The summed E-state index contributed by atoms with van der Waals surface area (Å²) in [6.45, 7) is 9.85. The van der Waals surface area contributed by atoms with Crippen molar-refractivity contribution in [2.45, 2.75) is 45.4 Å². The van der Waals surface area contributed by atoms with Gasteiger partial charge < -0.3 is 14.5 Å². The molecule has 0 radical (unpaired) electrons. The number of rotatable bonds is 9. The van der Waals surface area contributed by atoms with Crippen LogP contribution in [0.5, 0.6) is 0 Å². The fraction of sp³-hybridized carbons (Fsp3) is 0.938. The van der Waals surface area contributed by atoms with Gasteiger partial charge in [0.15, 0.2) is 0 Å². The minimum atomic E-state index is -0.0406. The molecule has 4 nitrogen and oxygen atoms in total. The Bertz CT molecular complexity index is 284. The van der Waals surface area contributed by atoms with E-state index >= 15 is 0 Å². The van der Waals surface area contributed by atoms with E-state index in [0.717, 1.165) is 18.8 Å². The molecular weight excluding hydrogens is 252 g/mol. The summed E-state index contributed by atoms with van der Waals surface area (Å²) in [4.78, 5) is 16.4. The summed E-state index contributed by atoms with van der Waals surface area (Å²) in [7, 11) is 0. The number of esters is 1. The van der Waals surface area contributed by atoms with Gasteiger partial charge in [0.2, 0.25) is 0 Å². The summed E-state index contributed by atoms with van der Waals surface area (Å²) >= 11 is 0. The molecule has 20 heavy (non-hydrogen) atoms. The molecule has 0 aromatic carbocycles. The first kappa shape index (κ1) is 15.8. The predicted octanol–water partition coefficient (Wildman–Crippen LogP) is 2.14. The standard InChI is InChI=1S/C16H30N2O2/c1-2-20-16(19)6-4-3-5-9-17-10-12-18(13-11-17)14-15-7-8-15/h15H,2-14H2,1H3. The maximum Gasteiger partial charge on any atom is 0.305 e. The fourth-order valence-corrected chi connectivity index (χ4v) is 2.88. The average molecular weight is 282 g/mol. The van der Waals surface area contributed by atoms with Gasteiger partial charge in [-0.3, -0.25) is 4.79 Å². The molecule has 0 amide bonds. The summed E-state index contributed by atoms with van der Waals surface area (Å²) in [6.07, 6.45) is 6.83. The molecule has 1 aliphatic carbocycles. The van der Waals surface area contributed by atoms with Gasteiger partial charge in [0.05, 0.1) is 6.61 Å². The van der Waals surface area contributed by atoms with Crippen molar-refractivity contribution in [3.8, 4) is 0 Å². The third-order valence-corrected chi connectivity index (χ3v) is 4.34. The normalized spacial score (nSPS) is 21.1. The second kappa shape index (κ2) is 8.63. The molecule has 2 fully saturated rings. The number of unbranched alkanes of at least 4 members (excludes halogenated alkanes) is 2. The zero-order valence-electron chi connectivity index (χ0n) is 13.0. The molecule has 116 valence electrons. The van der Waals surface area contributed by atoms with E-state index in [1.807, 2.05) is 6.92 Å². The number of ether oxygens (including phenoxy) is 1. The van der Waals surface area contributed by atoms with Gasteiger partial charge in [-0.2, -0.15) is 0 Å². The van der Waals surface area contributed by atoms with E-state index in [-0.39, 0.29) is 5.97 Å². The minimum Gasteiger partial charge on any atom is -0.466 e. The van der Waals surface area contributed by atoms with E-state index in [0.29, 0.717) is 13.0 Å². The van der Waals surface area contributed by atoms with Gasteiger partial charge >= 0.3 is 5.97 Å². The topological polar surface area (TPSA) is 32.8 Å². The van der Waals surface area contributed by atoms with Crippen LogP contribution in [0.25, 0.3) is 0 Å². The Morgan fingerprint density at radius 1 is 1.05 bits per heavy atom. The Hall–Kier alpha value is -0.610. The summed E-state index contributed by atoms with van der Waals surface area (Å²) in [5, 5.41) is 0. The summed E-state index contributed by atoms with van der Waals surface area (Å²) < 4.78 is 4.93. The van der Waals surface area contributed by atoms with Crippen molar-refractivity contribution in [3.05, 3.63) is 0 Å². The Labute approximate surface area is 123 Å². The van der Waals surface area contributed by atoms with Crippen molar-refractivity contribution in [3.63, 3.8) is 0 Å². The zero-order chi connectivity index (χ0) is 14.2. The molecule has 0 aromatic rings. The maximum absolute atomic E-state index is 11.2. The second-order valence-electron chi connectivity index (χ2n) is 6.20. The predicted molar refractivity (Wildman–Crippen MR) is 80.7 cm³/mol. The second-order valence-corrected chi connectivity index (χ2v) is 6.20. The first-order chi connectivity index (χ1) is 9.78. The van der Waals surface area contributed by atoms with Crippen LogP contribution in [0.15, 0.2) is 0 Å². The van der Waals surface area contributed by atoms with E-state index in [1.165, 1.54) is 58.5 Å². The van der Waals surface area contributed by atoms with Gasteiger partial charge in [-0.1, -0.05) is 6.42 Å². The number of hydrogen-bond donors (Lipinski definition) is 0. The van der Waals surface area contributed by atoms with E-state index in [4.69, 9.17) is 4.74 Å². The highest BCUT2D eigenvalue weighted by Gasteiger charge is 2.26. The third kappa shape index (κ3) is 6.23. The molecular formula is C16H30N2O2. The van der Waals surface area contributed by atoms with Crippen LogP contribution in [0.3, 0.4) is 0 Å². The van der Waals surface area contributed by atoms with Gasteiger partial charge in [-0.15, -0.1) is 0 Å². The molecule has 0 atom stereocenters. The molecule has 1 aliphatic heterocycles. The summed E-state index contributed by atoms with van der Waals surface area (Å²) in [5.41, 5.74) is 0. The van der Waals surface area contributed by atoms with Gasteiger partial charge in [0.25, 0.3) is 0 Å². The molecule has 2 rings (SSSR count). The van der Waals surface area contributed by atoms with Crippen LogP contribution in [-0.4, -0.2) is 61.6 Å². The number of carbonyl (C=O) groups excluding carboxylic acids is 1. The molecule has 1 heterocycles. The Kier molecular flexibility index (Phi) is 6.80. The first-order valence-corrected chi connectivity index (χ1v) is 8.38. The van der Waals surface area contributed by atoms with Gasteiger partial charge in [0, 0.05) is 39.1 Å². The highest BCUT2D eigenvalue weighted by atomic mass is 16.5. The van der Waals surface area contributed by atoms with E-state index < -0.39 is 0 Å². The molecule has 0 aromatic heterocycles. The van der Waals surface area contributed by atoms with Crippen LogP contribution in [0.4, 0.5) is 0 Å². The van der Waals surface area contributed by atoms with Crippen LogP contribution >= 0.6 is 0 Å². The Morgan fingerprint density at radius 2 is 1.75 bits per heavy atom. The van der Waals surface area contributed by atoms with Crippen molar-refractivity contribution < 1.29 is 9.53 Å². The van der Waals surface area contributed by atoms with Gasteiger partial charge in [-0.05, 0) is 45.1 Å². The van der Waals surface area contributed by atoms with Gasteiger partial charge in [-0.25, -0.2) is 0 Å². The monoisotopic (exact) mass is 282 g/mol. The summed E-state index contributed by atoms with van der Waals surface area (Å²) in [6, 6.07) is 0. The van der Waals surface area contributed by atoms with E-state index in [2.05, 4.69) is 9.80 Å². The van der Waals surface area contributed by atoms with Crippen LogP contribution < -0.4 is 0 Å². The van der Waals surface area contributed by atoms with Crippen LogP contribution in [-0.2, 0) is 9.53 Å². The molecule has 0 unspecified atom stereocenters. The number of nitrogens with zero attached hydrogens (tertiary/aromatic N) is 2. The van der Waals surface area contributed by atoms with E-state index in [1.54, 1.807) is 0 Å². The lowest BCUT2D eigenvalue weighted by molar-refractivity contribution is -0.143. The molecule has 2 aliphatic rings. The highest BCUT2D eigenvalue weighted by molar-refractivity contribution is 5.69. The molecule has 1 saturated carbocycles. The van der Waals surface area contributed by atoms with Crippen LogP contribution in [0, 0.1) is 5.92 Å². The minimum absolute atomic E-state index is 0.0406. The lowest BCUT2D eigenvalue weighted by atomic mass is 10.2. The van der Waals surface area contributed by atoms with Crippen molar-refractivity contribution in [1.82, 2.24) is 9.80 Å². The third-order valence-electron chi connectivity index (χ3n) is 4.34. The Morgan fingerprint density at radius 3 is 2.40 bits per heavy atom. The van der Waals surface area contributed by atoms with Crippen molar-refractivity contribution in [2.75, 3.05) is 45.9 Å². The van der Waals surface area contributed by atoms with Crippen LogP contribution in [0.2, 0.25) is 0 Å². The highest BCUT2D eigenvalue weighted by Crippen LogP contribution is 2.29. The first-order valence-electron chi connectivity index (χ1n) is 8.38. The van der Waals surface area contributed by atoms with Crippen LogP contribution in [0.1, 0.15) is 45.4 Å². The largest absolute Gasteiger partial charge is 0.466 e. The van der Waals surface area contributed by atoms with Crippen molar-refractivity contribution >= 4 is 5.97 Å². The SMILES string of the molecule is CCOC(=O)CCCCCN1CCN(CC2CC2)CC1. The van der Waals surface area contributed by atoms with Crippen molar-refractivity contribution in [1.29, 1.82) is 0 Å². The molecule has 0 N–H and O–H groups in total. The molecule has 1 saturated heterocycles. The quantitative estimate of drug-likeness (QED) is 0.479. The molecule has 4 heteroatoms.